The van der Waals surface area contributed by atoms with E-state index in [4.69, 9.17) is 0 Å². The molecule has 1 aromatic carbocycles. The third-order valence-electron chi connectivity index (χ3n) is 2.87. The van der Waals surface area contributed by atoms with E-state index in [0.717, 1.165) is 4.88 Å². The number of amides is 1. The number of thiophene rings is 1. The van der Waals surface area contributed by atoms with Crippen LogP contribution in [0.2, 0.25) is 0 Å². The normalized spacial score (nSPS) is 11.4. The monoisotopic (exact) mass is 289 g/mol. The first kappa shape index (κ1) is 14.5. The van der Waals surface area contributed by atoms with Crippen molar-refractivity contribution in [1.82, 2.24) is 5.32 Å². The van der Waals surface area contributed by atoms with Gasteiger partial charge in [-0.15, -0.1) is 11.3 Å². The van der Waals surface area contributed by atoms with Gasteiger partial charge in [-0.1, -0.05) is 25.1 Å². The summed E-state index contributed by atoms with van der Waals surface area (Å²) in [5.41, 5.74) is 1.35. The minimum atomic E-state index is -0.298. The Morgan fingerprint density at radius 1 is 1.35 bits per heavy atom. The molecule has 2 aromatic rings. The molecule has 0 bridgehead atoms. The second-order valence-corrected chi connectivity index (χ2v) is 5.37. The lowest BCUT2D eigenvalue weighted by Gasteiger charge is -2.06. The second kappa shape index (κ2) is 7.01. The number of nitrogens with one attached hydrogen (secondary N) is 1. The van der Waals surface area contributed by atoms with Gasteiger partial charge < -0.3 is 5.32 Å². The fourth-order valence-corrected chi connectivity index (χ4v) is 2.46. The molecule has 0 aliphatic heterocycles. The molecule has 0 atom stereocenters. The van der Waals surface area contributed by atoms with E-state index >= 15 is 0 Å². The van der Waals surface area contributed by atoms with Gasteiger partial charge in [0.15, 0.2) is 0 Å². The Hall–Kier alpha value is -1.94. The van der Waals surface area contributed by atoms with Gasteiger partial charge in [-0.05, 0) is 41.6 Å². The molecule has 0 radical (unpaired) electrons. The lowest BCUT2D eigenvalue weighted by atomic mass is 10.1. The summed E-state index contributed by atoms with van der Waals surface area (Å²) in [4.78, 5) is 13.2. The number of hydrogen-bond donors (Lipinski definition) is 1. The summed E-state index contributed by atoms with van der Waals surface area (Å²) in [5.74, 6) is -0.404. The van der Waals surface area contributed by atoms with Crippen LogP contribution in [-0.2, 0) is 11.3 Å². The van der Waals surface area contributed by atoms with Crippen molar-refractivity contribution >= 4 is 23.3 Å². The number of hydrogen-bond acceptors (Lipinski definition) is 2. The van der Waals surface area contributed by atoms with E-state index in [-0.39, 0.29) is 11.7 Å². The van der Waals surface area contributed by atoms with Crippen LogP contribution in [0.4, 0.5) is 4.39 Å². The van der Waals surface area contributed by atoms with Gasteiger partial charge >= 0.3 is 0 Å². The highest BCUT2D eigenvalue weighted by Crippen LogP contribution is 2.13. The zero-order chi connectivity index (χ0) is 14.4. The summed E-state index contributed by atoms with van der Waals surface area (Å²) in [5, 5.41) is 4.86. The molecule has 0 unspecified atom stereocenters. The molecule has 1 amide bonds. The minimum absolute atomic E-state index is 0.106. The van der Waals surface area contributed by atoms with E-state index in [9.17, 15) is 9.18 Å². The van der Waals surface area contributed by atoms with Crippen LogP contribution in [0.1, 0.15) is 23.8 Å². The summed E-state index contributed by atoms with van der Waals surface area (Å²) in [6.45, 7) is 2.44. The smallest absolute Gasteiger partial charge is 0.247 e. The van der Waals surface area contributed by atoms with Crippen LogP contribution in [0.25, 0.3) is 6.08 Å². The molecule has 2 rings (SSSR count). The van der Waals surface area contributed by atoms with Crippen LogP contribution < -0.4 is 5.32 Å². The first-order valence-electron chi connectivity index (χ1n) is 6.45. The van der Waals surface area contributed by atoms with E-state index in [2.05, 4.69) is 5.32 Å². The van der Waals surface area contributed by atoms with Crippen molar-refractivity contribution in [3.8, 4) is 0 Å². The molecule has 0 aliphatic rings. The topological polar surface area (TPSA) is 29.1 Å². The predicted octanol–water partition coefficient (Wildman–Crippen LogP) is 4.00. The van der Waals surface area contributed by atoms with Crippen molar-refractivity contribution < 1.29 is 9.18 Å². The quantitative estimate of drug-likeness (QED) is 0.828. The Morgan fingerprint density at radius 2 is 2.20 bits per heavy atom. The van der Waals surface area contributed by atoms with Gasteiger partial charge in [-0.2, -0.15) is 0 Å². The van der Waals surface area contributed by atoms with Crippen molar-refractivity contribution in [2.45, 2.75) is 19.9 Å². The number of rotatable bonds is 5. The molecule has 104 valence electrons. The van der Waals surface area contributed by atoms with E-state index in [1.54, 1.807) is 29.5 Å². The van der Waals surface area contributed by atoms with Gasteiger partial charge in [0.05, 0.1) is 6.54 Å². The summed E-state index contributed by atoms with van der Waals surface area (Å²) < 4.78 is 13.1. The van der Waals surface area contributed by atoms with E-state index in [1.165, 1.54) is 12.1 Å². The Labute approximate surface area is 122 Å². The fraction of sp³-hybridized carbons (Fsp3) is 0.188. The molecule has 1 N–H and O–H groups in total. The van der Waals surface area contributed by atoms with Crippen LogP contribution in [0.5, 0.6) is 0 Å². The predicted molar refractivity (Wildman–Crippen MR) is 80.8 cm³/mol. The number of carbonyl (C=O) groups is 1. The van der Waals surface area contributed by atoms with Crippen molar-refractivity contribution in [2.75, 3.05) is 0 Å². The molecular weight excluding hydrogens is 273 g/mol. The summed E-state index contributed by atoms with van der Waals surface area (Å²) >= 11 is 1.61. The van der Waals surface area contributed by atoms with Crippen molar-refractivity contribution in [3.05, 3.63) is 63.6 Å². The van der Waals surface area contributed by atoms with Gasteiger partial charge in [0.2, 0.25) is 5.91 Å². The van der Waals surface area contributed by atoms with Crippen LogP contribution in [0.3, 0.4) is 0 Å². The van der Waals surface area contributed by atoms with Crippen LogP contribution in [0, 0.1) is 5.82 Å². The summed E-state index contributed by atoms with van der Waals surface area (Å²) in [7, 11) is 0. The standard InChI is InChI=1S/C16H16FNOS/c1-2-13(9-12-5-3-6-14(17)10-12)16(19)18-11-15-7-4-8-20-15/h3-10H,2,11H2,1H3,(H,18,19). The zero-order valence-electron chi connectivity index (χ0n) is 11.2. The molecular formula is C16H16FNOS. The lowest BCUT2D eigenvalue weighted by Crippen LogP contribution is -2.23. The van der Waals surface area contributed by atoms with Gasteiger partial charge in [0, 0.05) is 10.5 Å². The highest BCUT2D eigenvalue weighted by molar-refractivity contribution is 7.09. The molecule has 4 heteroatoms. The Kier molecular flexibility index (Phi) is 5.07. The highest BCUT2D eigenvalue weighted by Gasteiger charge is 2.07. The minimum Gasteiger partial charge on any atom is -0.347 e. The molecule has 0 spiro atoms. The maximum atomic E-state index is 13.1. The van der Waals surface area contributed by atoms with E-state index < -0.39 is 0 Å². The maximum absolute atomic E-state index is 13.1. The molecule has 1 heterocycles. The Balaban J connectivity index is 2.05. The third-order valence-corrected chi connectivity index (χ3v) is 3.74. The van der Waals surface area contributed by atoms with E-state index in [0.29, 0.717) is 24.1 Å². The molecule has 2 nitrogen and oxygen atoms in total. The third kappa shape index (κ3) is 4.03. The fourth-order valence-electron chi connectivity index (χ4n) is 1.82. The van der Waals surface area contributed by atoms with Crippen molar-refractivity contribution in [3.63, 3.8) is 0 Å². The maximum Gasteiger partial charge on any atom is 0.247 e. The summed E-state index contributed by atoms with van der Waals surface area (Å²) in [6.07, 6.45) is 2.33. The Bertz CT molecular complexity index is 605. The van der Waals surface area contributed by atoms with Crippen molar-refractivity contribution in [2.24, 2.45) is 0 Å². The summed E-state index contributed by atoms with van der Waals surface area (Å²) in [6, 6.07) is 10.2. The number of halogens is 1. The molecule has 1 aromatic heterocycles. The van der Waals surface area contributed by atoms with Gasteiger partial charge in [-0.3, -0.25) is 4.79 Å². The highest BCUT2D eigenvalue weighted by atomic mass is 32.1. The van der Waals surface area contributed by atoms with Crippen molar-refractivity contribution in [1.29, 1.82) is 0 Å². The van der Waals surface area contributed by atoms with Gasteiger partial charge in [0.25, 0.3) is 0 Å². The molecule has 0 aliphatic carbocycles. The largest absolute Gasteiger partial charge is 0.347 e. The molecule has 0 saturated heterocycles. The van der Waals surface area contributed by atoms with Gasteiger partial charge in [0.1, 0.15) is 5.82 Å². The lowest BCUT2D eigenvalue weighted by molar-refractivity contribution is -0.117. The van der Waals surface area contributed by atoms with Gasteiger partial charge in [-0.25, -0.2) is 4.39 Å². The molecule has 20 heavy (non-hydrogen) atoms. The number of carbonyl (C=O) groups excluding carboxylic acids is 1. The van der Waals surface area contributed by atoms with Crippen LogP contribution in [-0.4, -0.2) is 5.91 Å². The SMILES string of the molecule is CCC(=Cc1cccc(F)c1)C(=O)NCc1cccs1. The average Bonchev–Trinajstić information content (AvgIpc) is 2.95. The van der Waals surface area contributed by atoms with Crippen LogP contribution >= 0.6 is 11.3 Å². The first-order valence-corrected chi connectivity index (χ1v) is 7.33. The number of benzene rings is 1. The Morgan fingerprint density at radius 3 is 2.85 bits per heavy atom. The first-order chi connectivity index (χ1) is 9.69. The molecule has 0 saturated carbocycles. The zero-order valence-corrected chi connectivity index (χ0v) is 12.0. The van der Waals surface area contributed by atoms with E-state index in [1.807, 2.05) is 24.4 Å². The second-order valence-electron chi connectivity index (χ2n) is 4.34. The van der Waals surface area contributed by atoms with Crippen LogP contribution in [0.15, 0.2) is 47.4 Å². The molecule has 0 fully saturated rings. The average molecular weight is 289 g/mol.